The van der Waals surface area contributed by atoms with Gasteiger partial charge >= 0.3 is 6.09 Å². The minimum absolute atomic E-state index is 0.00199. The molecule has 0 aliphatic rings. The zero-order chi connectivity index (χ0) is 10.7. The maximum atomic E-state index is 13.2. The molecule has 0 fully saturated rings. The number of carboxylic acid groups (broad SMARTS) is 1. The molecule has 0 aromatic heterocycles. The summed E-state index contributed by atoms with van der Waals surface area (Å²) in [5.74, 6) is -0.517. The molecule has 2 N–H and O–H groups in total. The summed E-state index contributed by atoms with van der Waals surface area (Å²) in [5, 5.41) is 10.4. The summed E-state index contributed by atoms with van der Waals surface area (Å²) in [6.45, 7) is 0.00199. The number of amides is 1. The Bertz CT molecular complexity index is 373. The van der Waals surface area contributed by atoms with Crippen LogP contribution in [0, 0.1) is 9.39 Å². The molecule has 0 aliphatic heterocycles. The molecule has 1 rings (SSSR count). The van der Waals surface area contributed by atoms with Crippen molar-refractivity contribution in [2.24, 2.45) is 0 Å². The van der Waals surface area contributed by atoms with Crippen molar-refractivity contribution >= 4 is 40.3 Å². The van der Waals surface area contributed by atoms with Gasteiger partial charge in [0.25, 0.3) is 0 Å². The van der Waals surface area contributed by atoms with Crippen molar-refractivity contribution in [3.63, 3.8) is 0 Å². The fourth-order valence-electron chi connectivity index (χ4n) is 0.873. The lowest BCUT2D eigenvalue weighted by Gasteiger charge is -2.05. The zero-order valence-electron chi connectivity index (χ0n) is 6.85. The second kappa shape index (κ2) is 4.79. The van der Waals surface area contributed by atoms with Gasteiger partial charge in [-0.25, -0.2) is 9.18 Å². The lowest BCUT2D eigenvalue weighted by molar-refractivity contribution is 0.194. The first kappa shape index (κ1) is 11.5. The molecular formula is C8H6ClFINO2. The van der Waals surface area contributed by atoms with Crippen molar-refractivity contribution in [3.8, 4) is 0 Å². The van der Waals surface area contributed by atoms with Gasteiger partial charge in [0.1, 0.15) is 0 Å². The van der Waals surface area contributed by atoms with E-state index in [-0.39, 0.29) is 11.6 Å². The van der Waals surface area contributed by atoms with Crippen molar-refractivity contribution < 1.29 is 14.3 Å². The first-order valence-electron chi connectivity index (χ1n) is 3.61. The number of hydrogen-bond acceptors (Lipinski definition) is 1. The summed E-state index contributed by atoms with van der Waals surface area (Å²) in [6.07, 6.45) is -1.17. The van der Waals surface area contributed by atoms with Crippen LogP contribution in [0.25, 0.3) is 0 Å². The Morgan fingerprint density at radius 1 is 1.64 bits per heavy atom. The maximum absolute atomic E-state index is 13.2. The van der Waals surface area contributed by atoms with E-state index in [2.05, 4.69) is 5.32 Å². The Kier molecular flexibility index (Phi) is 3.94. The number of benzene rings is 1. The Morgan fingerprint density at radius 3 is 2.86 bits per heavy atom. The van der Waals surface area contributed by atoms with E-state index in [0.29, 0.717) is 9.13 Å². The highest BCUT2D eigenvalue weighted by Gasteiger charge is 2.10. The average molecular weight is 329 g/mol. The first-order valence-corrected chi connectivity index (χ1v) is 5.07. The summed E-state index contributed by atoms with van der Waals surface area (Å²) in [7, 11) is 0. The second-order valence-corrected chi connectivity index (χ2v) is 4.03. The highest BCUT2D eigenvalue weighted by molar-refractivity contribution is 14.1. The second-order valence-electron chi connectivity index (χ2n) is 2.49. The molecule has 0 bridgehead atoms. The van der Waals surface area contributed by atoms with Gasteiger partial charge in [-0.2, -0.15) is 0 Å². The Morgan fingerprint density at radius 2 is 2.29 bits per heavy atom. The third-order valence-electron chi connectivity index (χ3n) is 1.55. The summed E-state index contributed by atoms with van der Waals surface area (Å²) in [6, 6.07) is 3.13. The van der Waals surface area contributed by atoms with E-state index in [1.54, 1.807) is 12.1 Å². The van der Waals surface area contributed by atoms with Crippen molar-refractivity contribution in [2.45, 2.75) is 6.54 Å². The number of halogens is 3. The highest BCUT2D eigenvalue weighted by atomic mass is 127. The van der Waals surface area contributed by atoms with Crippen LogP contribution < -0.4 is 5.32 Å². The van der Waals surface area contributed by atoms with Crippen molar-refractivity contribution in [1.82, 2.24) is 5.32 Å². The predicted octanol–water partition coefficient (Wildman–Crippen LogP) is 2.85. The predicted molar refractivity (Wildman–Crippen MR) is 59.0 cm³/mol. The van der Waals surface area contributed by atoms with E-state index in [4.69, 9.17) is 16.7 Å². The summed E-state index contributed by atoms with van der Waals surface area (Å²) < 4.78 is 13.6. The topological polar surface area (TPSA) is 49.3 Å². The fourth-order valence-corrected chi connectivity index (χ4v) is 1.71. The van der Waals surface area contributed by atoms with Gasteiger partial charge in [-0.05, 0) is 34.2 Å². The molecule has 0 heterocycles. The largest absolute Gasteiger partial charge is 0.465 e. The van der Waals surface area contributed by atoms with Crippen LogP contribution in [0.15, 0.2) is 12.1 Å². The Balaban J connectivity index is 2.88. The molecule has 0 unspecified atom stereocenters. The molecule has 0 saturated carbocycles. The van der Waals surface area contributed by atoms with Gasteiger partial charge in [0.2, 0.25) is 0 Å². The zero-order valence-corrected chi connectivity index (χ0v) is 9.76. The van der Waals surface area contributed by atoms with Crippen molar-refractivity contribution in [1.29, 1.82) is 0 Å². The van der Waals surface area contributed by atoms with E-state index in [0.717, 1.165) is 0 Å². The van der Waals surface area contributed by atoms with E-state index in [1.165, 1.54) is 0 Å². The molecule has 0 radical (unpaired) electrons. The molecule has 1 aromatic rings. The quantitative estimate of drug-likeness (QED) is 0.647. The van der Waals surface area contributed by atoms with Gasteiger partial charge in [0, 0.05) is 6.54 Å². The van der Waals surface area contributed by atoms with Crippen LogP contribution >= 0.6 is 34.2 Å². The molecule has 0 saturated heterocycles. The summed E-state index contributed by atoms with van der Waals surface area (Å²) in [4.78, 5) is 10.2. The number of hydrogen-bond donors (Lipinski definition) is 2. The molecule has 76 valence electrons. The molecule has 1 amide bonds. The maximum Gasteiger partial charge on any atom is 0.404 e. The van der Waals surface area contributed by atoms with Gasteiger partial charge in [0.15, 0.2) is 5.82 Å². The van der Waals surface area contributed by atoms with Gasteiger partial charge in [-0.1, -0.05) is 17.7 Å². The van der Waals surface area contributed by atoms with Crippen LogP contribution in [0.3, 0.4) is 0 Å². The fraction of sp³-hybridized carbons (Fsp3) is 0.125. The molecule has 14 heavy (non-hydrogen) atoms. The van der Waals surface area contributed by atoms with Crippen molar-refractivity contribution in [3.05, 3.63) is 32.1 Å². The smallest absolute Gasteiger partial charge is 0.404 e. The van der Waals surface area contributed by atoms with Crippen LogP contribution in [-0.2, 0) is 6.54 Å². The van der Waals surface area contributed by atoms with Crippen LogP contribution in [0.2, 0.25) is 5.02 Å². The third-order valence-corrected chi connectivity index (χ3v) is 2.79. The molecule has 0 atom stereocenters. The number of rotatable bonds is 2. The average Bonchev–Trinajstić information content (AvgIpc) is 2.13. The lowest BCUT2D eigenvalue weighted by atomic mass is 10.2. The van der Waals surface area contributed by atoms with Gasteiger partial charge in [-0.15, -0.1) is 0 Å². The Hall–Kier alpha value is -0.560. The molecule has 0 aliphatic carbocycles. The van der Waals surface area contributed by atoms with E-state index < -0.39 is 11.9 Å². The van der Waals surface area contributed by atoms with E-state index in [1.807, 2.05) is 22.6 Å². The first-order chi connectivity index (χ1) is 6.52. The lowest BCUT2D eigenvalue weighted by Crippen LogP contribution is -2.20. The van der Waals surface area contributed by atoms with Crippen LogP contribution in [0.5, 0.6) is 0 Å². The third kappa shape index (κ3) is 2.71. The minimum Gasteiger partial charge on any atom is -0.465 e. The van der Waals surface area contributed by atoms with E-state index >= 15 is 0 Å². The van der Waals surface area contributed by atoms with Crippen LogP contribution in [-0.4, -0.2) is 11.2 Å². The molecule has 3 nitrogen and oxygen atoms in total. The standard InChI is InChI=1S/C8H6ClFINO2/c9-6-4(3-12-8(13)14)1-2-5(11)7(6)10/h1-2,12H,3H2,(H,13,14). The molecule has 6 heteroatoms. The molecule has 0 spiro atoms. The van der Waals surface area contributed by atoms with E-state index in [9.17, 15) is 9.18 Å². The monoisotopic (exact) mass is 329 g/mol. The van der Waals surface area contributed by atoms with Gasteiger partial charge in [0.05, 0.1) is 8.59 Å². The highest BCUT2D eigenvalue weighted by Crippen LogP contribution is 2.24. The van der Waals surface area contributed by atoms with Gasteiger partial charge in [-0.3, -0.25) is 0 Å². The van der Waals surface area contributed by atoms with Crippen molar-refractivity contribution in [2.75, 3.05) is 0 Å². The Labute approximate surface area is 98.4 Å². The normalized spacial score (nSPS) is 9.93. The molecular weight excluding hydrogens is 323 g/mol. The van der Waals surface area contributed by atoms with Crippen LogP contribution in [0.1, 0.15) is 5.56 Å². The number of carbonyl (C=O) groups is 1. The summed E-state index contributed by atoms with van der Waals surface area (Å²) >= 11 is 7.48. The minimum atomic E-state index is -1.17. The SMILES string of the molecule is O=C(O)NCc1ccc(I)c(F)c1Cl. The van der Waals surface area contributed by atoms with Crippen LogP contribution in [0.4, 0.5) is 9.18 Å². The molecule has 1 aromatic carbocycles. The van der Waals surface area contributed by atoms with Gasteiger partial charge < -0.3 is 10.4 Å². The number of nitrogens with one attached hydrogen (secondary N) is 1. The summed E-state index contributed by atoms with van der Waals surface area (Å²) in [5.41, 5.74) is 0.423.